The van der Waals surface area contributed by atoms with Gasteiger partial charge < -0.3 is 20.5 Å². The molecule has 13 heteroatoms. The van der Waals surface area contributed by atoms with Crippen molar-refractivity contribution in [3.8, 4) is 16.1 Å². The fourth-order valence-corrected chi connectivity index (χ4v) is 6.82. The molecule has 0 saturated carbocycles. The fraction of sp³-hybridized carbons (Fsp3) is 0.306. The molecule has 0 aliphatic rings. The number of urea groups is 1. The van der Waals surface area contributed by atoms with Crippen LogP contribution in [-0.2, 0) is 23.4 Å². The number of carbonyl (C=O) groups is 1. The summed E-state index contributed by atoms with van der Waals surface area (Å²) in [5, 5.41) is 16.2. The smallest absolute Gasteiger partial charge is 0.337 e. The number of nitrogens with one attached hydrogen (secondary N) is 2. The topological polar surface area (TPSA) is 118 Å². The molecule has 0 radical (unpaired) electrons. The van der Waals surface area contributed by atoms with Gasteiger partial charge in [-0.3, -0.25) is 14.3 Å². The molecule has 10 nitrogen and oxygen atoms in total. The number of likely N-dealkylation sites (N-methyl/N-ethyl adjacent to an activating group) is 1. The second-order valence-electron chi connectivity index (χ2n) is 12.2. The van der Waals surface area contributed by atoms with Crippen LogP contribution in [0.1, 0.15) is 37.5 Å². The normalized spacial score (nSPS) is 11.8. The predicted octanol–water partition coefficient (Wildman–Crippen LogP) is 5.65. The van der Waals surface area contributed by atoms with Crippen LogP contribution in [0.5, 0.6) is 0 Å². The number of ether oxygens (including phenoxy) is 1. The van der Waals surface area contributed by atoms with E-state index in [1.807, 2.05) is 18.9 Å². The molecule has 0 spiro atoms. The number of rotatable bonds is 12. The summed E-state index contributed by atoms with van der Waals surface area (Å²) in [6.07, 6.45) is 0. The number of thiophene rings is 1. The second-order valence-corrected chi connectivity index (χ2v) is 13.2. The molecule has 2 amide bonds. The monoisotopic (exact) mass is 691 g/mol. The van der Waals surface area contributed by atoms with Gasteiger partial charge in [0.05, 0.1) is 29.8 Å². The SMILES string of the molecule is CCNC(=O)Nc1ccc(-c2sc3c(c2CN(C)CCOC)c(=O)n(-c2ccc(C(C)(C)O)cc2)c(=O)n3Cc2c(F)cccc2F)cc1. The van der Waals surface area contributed by atoms with Gasteiger partial charge in [0.2, 0.25) is 0 Å². The van der Waals surface area contributed by atoms with Crippen molar-refractivity contribution in [3.63, 3.8) is 0 Å². The number of aliphatic hydroxyl groups is 1. The van der Waals surface area contributed by atoms with Crippen LogP contribution < -0.4 is 21.9 Å². The highest BCUT2D eigenvalue weighted by Gasteiger charge is 2.26. The number of nitrogens with zero attached hydrogens (tertiary/aromatic N) is 3. The molecule has 0 bridgehead atoms. The zero-order valence-electron chi connectivity index (χ0n) is 28.0. The van der Waals surface area contributed by atoms with Crippen molar-refractivity contribution in [2.24, 2.45) is 0 Å². The van der Waals surface area contributed by atoms with Gasteiger partial charge in [-0.15, -0.1) is 11.3 Å². The minimum atomic E-state index is -1.16. The summed E-state index contributed by atoms with van der Waals surface area (Å²) < 4.78 is 37.6. The average Bonchev–Trinajstić information content (AvgIpc) is 3.42. The maximum absolute atomic E-state index is 15.0. The van der Waals surface area contributed by atoms with Gasteiger partial charge in [0, 0.05) is 42.9 Å². The number of halogens is 2. The summed E-state index contributed by atoms with van der Waals surface area (Å²) >= 11 is 1.18. The van der Waals surface area contributed by atoms with E-state index in [4.69, 9.17) is 4.74 Å². The van der Waals surface area contributed by atoms with Crippen LogP contribution >= 0.6 is 11.3 Å². The van der Waals surface area contributed by atoms with Crippen molar-refractivity contribution < 1.29 is 23.4 Å². The Morgan fingerprint density at radius 1 is 1.00 bits per heavy atom. The zero-order valence-corrected chi connectivity index (χ0v) is 28.8. The molecular weight excluding hydrogens is 652 g/mol. The molecule has 5 aromatic rings. The third kappa shape index (κ3) is 7.65. The number of carbonyl (C=O) groups excluding carboxylic acids is 1. The van der Waals surface area contributed by atoms with Crippen LogP contribution in [0.2, 0.25) is 0 Å². The molecule has 0 aliphatic carbocycles. The summed E-state index contributed by atoms with van der Waals surface area (Å²) in [5.74, 6) is -1.64. The molecule has 3 aromatic carbocycles. The lowest BCUT2D eigenvalue weighted by molar-refractivity contribution is 0.0786. The van der Waals surface area contributed by atoms with E-state index in [1.54, 1.807) is 69.5 Å². The van der Waals surface area contributed by atoms with Gasteiger partial charge in [0.15, 0.2) is 0 Å². The number of methoxy groups -OCH3 is 1. The molecule has 2 heterocycles. The summed E-state index contributed by atoms with van der Waals surface area (Å²) in [4.78, 5) is 43.8. The summed E-state index contributed by atoms with van der Waals surface area (Å²) in [5.41, 5.74) is -0.141. The van der Waals surface area contributed by atoms with Gasteiger partial charge in [-0.2, -0.15) is 0 Å². The Kier molecular flexibility index (Phi) is 10.8. The van der Waals surface area contributed by atoms with Crippen molar-refractivity contribution >= 4 is 33.3 Å². The lowest BCUT2D eigenvalue weighted by Gasteiger charge is -2.19. The molecule has 49 heavy (non-hydrogen) atoms. The summed E-state index contributed by atoms with van der Waals surface area (Å²) in [6.45, 7) is 6.31. The van der Waals surface area contributed by atoms with Crippen LogP contribution in [0.25, 0.3) is 26.3 Å². The maximum Gasteiger partial charge on any atom is 0.337 e. The largest absolute Gasteiger partial charge is 0.386 e. The van der Waals surface area contributed by atoms with Crippen molar-refractivity contribution in [2.45, 2.75) is 39.5 Å². The van der Waals surface area contributed by atoms with Crippen molar-refractivity contribution in [1.29, 1.82) is 0 Å². The molecule has 2 aromatic heterocycles. The van der Waals surface area contributed by atoms with E-state index in [1.165, 1.54) is 22.0 Å². The minimum absolute atomic E-state index is 0.233. The van der Waals surface area contributed by atoms with E-state index in [2.05, 4.69) is 10.6 Å². The van der Waals surface area contributed by atoms with Crippen molar-refractivity contribution in [3.05, 3.63) is 116 Å². The van der Waals surface area contributed by atoms with Gasteiger partial charge in [0.1, 0.15) is 16.5 Å². The number of fused-ring (bicyclic) bond motifs is 1. The van der Waals surface area contributed by atoms with E-state index in [0.29, 0.717) is 47.0 Å². The maximum atomic E-state index is 15.0. The van der Waals surface area contributed by atoms with E-state index in [0.717, 1.165) is 16.7 Å². The fourth-order valence-electron chi connectivity index (χ4n) is 5.52. The highest BCUT2D eigenvalue weighted by Crippen LogP contribution is 2.38. The van der Waals surface area contributed by atoms with Crippen molar-refractivity contribution in [1.82, 2.24) is 19.4 Å². The van der Waals surface area contributed by atoms with E-state index >= 15 is 8.78 Å². The molecule has 0 fully saturated rings. The Morgan fingerprint density at radius 2 is 1.65 bits per heavy atom. The quantitative estimate of drug-likeness (QED) is 0.156. The highest BCUT2D eigenvalue weighted by atomic mass is 32.1. The van der Waals surface area contributed by atoms with Crippen LogP contribution in [0.3, 0.4) is 0 Å². The lowest BCUT2D eigenvalue weighted by Crippen LogP contribution is -2.39. The van der Waals surface area contributed by atoms with Gasteiger partial charge >= 0.3 is 11.7 Å². The first-order valence-corrected chi connectivity index (χ1v) is 16.6. The Hall–Kier alpha value is -4.69. The van der Waals surface area contributed by atoms with E-state index in [-0.39, 0.29) is 34.0 Å². The number of hydrogen-bond acceptors (Lipinski definition) is 7. The lowest BCUT2D eigenvalue weighted by atomic mass is 9.98. The summed E-state index contributed by atoms with van der Waals surface area (Å²) in [6, 6.07) is 16.6. The van der Waals surface area contributed by atoms with Crippen LogP contribution in [-0.4, -0.2) is 59.0 Å². The number of aromatic nitrogens is 2. The first-order valence-electron chi connectivity index (χ1n) is 15.7. The highest BCUT2D eigenvalue weighted by molar-refractivity contribution is 7.22. The zero-order chi connectivity index (χ0) is 35.5. The number of amides is 2. The molecule has 0 unspecified atom stereocenters. The van der Waals surface area contributed by atoms with Gasteiger partial charge in [-0.05, 0) is 80.9 Å². The number of anilines is 1. The van der Waals surface area contributed by atoms with E-state index in [9.17, 15) is 19.5 Å². The molecule has 0 aliphatic heterocycles. The summed E-state index contributed by atoms with van der Waals surface area (Å²) in [7, 11) is 3.47. The predicted molar refractivity (Wildman–Crippen MR) is 189 cm³/mol. The molecular formula is C36H39F2N5O5S. The van der Waals surface area contributed by atoms with Gasteiger partial charge in [0.25, 0.3) is 5.56 Å². The Bertz CT molecular complexity index is 2060. The van der Waals surface area contributed by atoms with Gasteiger partial charge in [-0.1, -0.05) is 30.3 Å². The third-order valence-electron chi connectivity index (χ3n) is 8.13. The molecule has 258 valence electrons. The number of hydrogen-bond donors (Lipinski definition) is 3. The average molecular weight is 692 g/mol. The second kappa shape index (κ2) is 14.8. The van der Waals surface area contributed by atoms with Crippen LogP contribution in [0.15, 0.2) is 76.3 Å². The van der Waals surface area contributed by atoms with Gasteiger partial charge in [-0.25, -0.2) is 22.9 Å². The molecule has 0 atom stereocenters. The van der Waals surface area contributed by atoms with Crippen LogP contribution in [0, 0.1) is 11.6 Å². The standard InChI is InChI=1S/C36H39F2N5O5S/c1-6-39-34(45)40-24-14-10-22(11-15-24)31-27(20-41(4)18-19-48-5)30-32(44)43(25-16-12-23(13-17-25)36(2,3)47)35(46)42(33(30)49-31)21-26-28(37)8-7-9-29(26)38/h7-17,47H,6,18-21H2,1-5H3,(H2,39,40,45). The minimum Gasteiger partial charge on any atom is -0.386 e. The van der Waals surface area contributed by atoms with E-state index < -0.39 is 35.0 Å². The van der Waals surface area contributed by atoms with Crippen molar-refractivity contribution in [2.75, 3.05) is 39.2 Å². The third-order valence-corrected chi connectivity index (χ3v) is 9.43. The molecule has 5 rings (SSSR count). The number of benzene rings is 3. The van der Waals surface area contributed by atoms with Crippen LogP contribution in [0.4, 0.5) is 19.3 Å². The molecule has 3 N–H and O–H groups in total. The Balaban J connectivity index is 1.79. The Morgan fingerprint density at radius 3 is 2.24 bits per heavy atom. The first kappa shape index (κ1) is 35.6. The first-order chi connectivity index (χ1) is 23.3. The molecule has 0 saturated heterocycles. The Labute approximate surface area is 286 Å².